The fraction of sp³-hybridized carbons (Fsp3) is 0.304. The molecule has 0 saturated heterocycles. The first kappa shape index (κ1) is 26.1. The van der Waals surface area contributed by atoms with Gasteiger partial charge < -0.3 is 36.8 Å². The van der Waals surface area contributed by atoms with Crippen LogP contribution in [0.5, 0.6) is 0 Å². The lowest BCUT2D eigenvalue weighted by Gasteiger charge is -2.20. The highest BCUT2D eigenvalue weighted by atomic mass is 16.4. The number of hydrogen-bond acceptors (Lipinski definition) is 7. The van der Waals surface area contributed by atoms with Crippen molar-refractivity contribution in [2.75, 3.05) is 6.54 Å². The van der Waals surface area contributed by atoms with E-state index < -0.39 is 48.4 Å². The Balaban J connectivity index is 1.57. The molecule has 36 heavy (non-hydrogen) atoms. The number of nitrogens with two attached hydrogens (primary N) is 1. The molecule has 0 aliphatic heterocycles. The average Bonchev–Trinajstić information content (AvgIpc) is 3.56. The summed E-state index contributed by atoms with van der Waals surface area (Å²) in [6, 6.07) is 5.68. The molecule has 2 aromatic heterocycles. The number of aliphatic carboxylic acids is 1. The molecule has 2 heterocycles. The van der Waals surface area contributed by atoms with Crippen molar-refractivity contribution in [2.24, 2.45) is 5.73 Å². The van der Waals surface area contributed by atoms with E-state index in [-0.39, 0.29) is 19.3 Å². The summed E-state index contributed by atoms with van der Waals surface area (Å²) < 4.78 is 0. The van der Waals surface area contributed by atoms with Crippen molar-refractivity contribution < 1.29 is 24.3 Å². The Hall–Kier alpha value is -4.52. The fourth-order valence-corrected chi connectivity index (χ4v) is 3.42. The fourth-order valence-electron chi connectivity index (χ4n) is 3.42. The molecule has 3 unspecified atom stereocenters. The van der Waals surface area contributed by atoms with E-state index in [0.29, 0.717) is 11.4 Å². The highest BCUT2D eigenvalue weighted by Crippen LogP contribution is 2.04. The number of amides is 3. The van der Waals surface area contributed by atoms with Gasteiger partial charge in [-0.2, -0.15) is 0 Å². The Kier molecular flexibility index (Phi) is 9.28. The van der Waals surface area contributed by atoms with Gasteiger partial charge in [-0.1, -0.05) is 30.3 Å². The molecule has 3 aromatic rings. The number of aromatic amines is 2. The number of carbonyl (C=O) groups excluding carboxylic acids is 3. The first-order chi connectivity index (χ1) is 17.3. The van der Waals surface area contributed by atoms with Crippen LogP contribution in [0, 0.1) is 0 Å². The van der Waals surface area contributed by atoms with Gasteiger partial charge in [0.15, 0.2) is 0 Å². The maximum absolute atomic E-state index is 12.8. The Morgan fingerprint density at radius 3 is 2.08 bits per heavy atom. The summed E-state index contributed by atoms with van der Waals surface area (Å²) >= 11 is 0. The molecule has 0 bridgehead atoms. The minimum Gasteiger partial charge on any atom is -0.480 e. The van der Waals surface area contributed by atoms with Crippen LogP contribution in [-0.2, 0) is 38.4 Å². The van der Waals surface area contributed by atoms with Gasteiger partial charge in [-0.05, 0) is 5.56 Å². The first-order valence-electron chi connectivity index (χ1n) is 11.2. The van der Waals surface area contributed by atoms with Crippen molar-refractivity contribution in [3.63, 3.8) is 0 Å². The third-order valence-electron chi connectivity index (χ3n) is 5.28. The molecule has 3 rings (SSSR count). The largest absolute Gasteiger partial charge is 0.480 e. The molecule has 8 N–H and O–H groups in total. The molecule has 13 nitrogen and oxygen atoms in total. The van der Waals surface area contributed by atoms with Gasteiger partial charge in [-0.15, -0.1) is 0 Å². The van der Waals surface area contributed by atoms with E-state index in [1.807, 2.05) is 0 Å². The van der Waals surface area contributed by atoms with Crippen LogP contribution < -0.4 is 21.7 Å². The molecule has 190 valence electrons. The van der Waals surface area contributed by atoms with Gasteiger partial charge in [0.1, 0.15) is 12.1 Å². The zero-order chi connectivity index (χ0) is 25.9. The number of aromatic nitrogens is 4. The molecule has 0 spiro atoms. The quantitative estimate of drug-likeness (QED) is 0.150. The van der Waals surface area contributed by atoms with Gasteiger partial charge in [0, 0.05) is 43.0 Å². The number of carbonyl (C=O) groups is 4. The predicted molar refractivity (Wildman–Crippen MR) is 127 cm³/mol. The Labute approximate surface area is 206 Å². The molecular formula is C23H28N8O5. The maximum Gasteiger partial charge on any atom is 0.326 e. The van der Waals surface area contributed by atoms with Crippen LogP contribution in [0.15, 0.2) is 55.4 Å². The number of imidazole rings is 2. The molecule has 0 fully saturated rings. The highest BCUT2D eigenvalue weighted by Gasteiger charge is 2.26. The van der Waals surface area contributed by atoms with Crippen LogP contribution in [0.25, 0.3) is 0 Å². The van der Waals surface area contributed by atoms with E-state index in [0.717, 1.165) is 5.56 Å². The summed E-state index contributed by atoms with van der Waals surface area (Å²) in [5.74, 6) is -3.09. The number of rotatable bonds is 13. The van der Waals surface area contributed by atoms with Gasteiger partial charge in [0.2, 0.25) is 17.7 Å². The number of carboxylic acid groups (broad SMARTS) is 1. The van der Waals surface area contributed by atoms with Crippen molar-refractivity contribution in [1.29, 1.82) is 0 Å². The monoisotopic (exact) mass is 496 g/mol. The second-order valence-electron chi connectivity index (χ2n) is 8.10. The van der Waals surface area contributed by atoms with Gasteiger partial charge >= 0.3 is 5.97 Å². The lowest BCUT2D eigenvalue weighted by molar-refractivity contribution is -0.141. The van der Waals surface area contributed by atoms with Crippen LogP contribution >= 0.6 is 0 Å². The van der Waals surface area contributed by atoms with E-state index in [1.165, 1.54) is 18.9 Å². The lowest BCUT2D eigenvalue weighted by Crippen LogP contribution is -2.54. The Bertz CT molecular complexity index is 1130. The lowest BCUT2D eigenvalue weighted by atomic mass is 10.1. The molecule has 3 amide bonds. The van der Waals surface area contributed by atoms with E-state index in [4.69, 9.17) is 5.73 Å². The van der Waals surface area contributed by atoms with E-state index >= 15 is 0 Å². The third-order valence-corrected chi connectivity index (χ3v) is 5.28. The van der Waals surface area contributed by atoms with Crippen molar-refractivity contribution in [3.8, 4) is 0 Å². The highest BCUT2D eigenvalue weighted by molar-refractivity contribution is 5.92. The zero-order valence-electron chi connectivity index (χ0n) is 19.3. The van der Waals surface area contributed by atoms with Crippen LogP contribution in [0.1, 0.15) is 17.0 Å². The minimum atomic E-state index is -1.20. The van der Waals surface area contributed by atoms with Gasteiger partial charge in [-0.25, -0.2) is 14.8 Å². The van der Waals surface area contributed by atoms with Gasteiger partial charge in [-0.3, -0.25) is 14.4 Å². The normalized spacial score (nSPS) is 13.2. The number of hydrogen-bond donors (Lipinski definition) is 7. The summed E-state index contributed by atoms with van der Waals surface area (Å²) in [7, 11) is 0. The number of nitrogens with one attached hydrogen (secondary N) is 5. The topological polar surface area (TPSA) is 208 Å². The van der Waals surface area contributed by atoms with Gasteiger partial charge in [0.25, 0.3) is 0 Å². The SMILES string of the molecule is NC(Cc1cnc[nH]1)C(=O)NC(Cc1cnc[nH]1)C(=O)NCC(=O)NC(Cc1ccccc1)C(=O)O. The number of benzene rings is 1. The molecule has 0 radical (unpaired) electrons. The summed E-state index contributed by atoms with van der Waals surface area (Å²) in [5.41, 5.74) is 7.95. The number of nitrogens with zero attached hydrogens (tertiary/aromatic N) is 2. The molecule has 0 aliphatic carbocycles. The third kappa shape index (κ3) is 8.06. The van der Waals surface area contributed by atoms with Crippen LogP contribution in [0.3, 0.4) is 0 Å². The minimum absolute atomic E-state index is 0.0712. The number of H-pyrrole nitrogens is 2. The molecule has 1 aromatic carbocycles. The summed E-state index contributed by atoms with van der Waals surface area (Å²) in [5, 5.41) is 16.9. The van der Waals surface area contributed by atoms with Crippen molar-refractivity contribution in [2.45, 2.75) is 37.4 Å². The van der Waals surface area contributed by atoms with E-state index in [9.17, 15) is 24.3 Å². The summed E-state index contributed by atoms with van der Waals surface area (Å²) in [4.78, 5) is 62.9. The predicted octanol–water partition coefficient (Wildman–Crippen LogP) is -1.34. The number of carboxylic acids is 1. The standard InChI is InChI=1S/C23H28N8O5/c24-17(7-15-9-25-12-28-15)21(33)31-18(8-16-10-26-13-29-16)22(34)27-11-20(32)30-19(23(35)36)6-14-4-2-1-3-5-14/h1-5,9-10,12-13,17-19H,6-8,11,24H2,(H,25,28)(H,26,29)(H,27,34)(H,30,32)(H,31,33)(H,35,36). The first-order valence-corrected chi connectivity index (χ1v) is 11.2. The summed E-state index contributed by atoms with van der Waals surface area (Å²) in [6.07, 6.45) is 6.29. The molecule has 3 atom stereocenters. The Morgan fingerprint density at radius 2 is 1.50 bits per heavy atom. The van der Waals surface area contributed by atoms with E-state index in [1.54, 1.807) is 36.5 Å². The average molecular weight is 497 g/mol. The van der Waals surface area contributed by atoms with Crippen molar-refractivity contribution in [1.82, 2.24) is 35.9 Å². The second-order valence-corrected chi connectivity index (χ2v) is 8.10. The Morgan fingerprint density at radius 1 is 0.861 bits per heavy atom. The van der Waals surface area contributed by atoms with Crippen LogP contribution in [-0.4, -0.2) is 73.4 Å². The molecule has 13 heteroatoms. The maximum atomic E-state index is 12.8. The smallest absolute Gasteiger partial charge is 0.326 e. The van der Waals surface area contributed by atoms with Crippen LogP contribution in [0.4, 0.5) is 0 Å². The molecule has 0 aliphatic rings. The van der Waals surface area contributed by atoms with Crippen LogP contribution in [0.2, 0.25) is 0 Å². The molecular weight excluding hydrogens is 468 g/mol. The second kappa shape index (κ2) is 12.8. The van der Waals surface area contributed by atoms with E-state index in [2.05, 4.69) is 35.9 Å². The van der Waals surface area contributed by atoms with Crippen molar-refractivity contribution in [3.05, 3.63) is 72.3 Å². The molecule has 0 saturated carbocycles. The summed E-state index contributed by atoms with van der Waals surface area (Å²) in [6.45, 7) is -0.479. The van der Waals surface area contributed by atoms with Crippen molar-refractivity contribution >= 4 is 23.7 Å². The van der Waals surface area contributed by atoms with Gasteiger partial charge in [0.05, 0.1) is 25.2 Å². The zero-order valence-corrected chi connectivity index (χ0v) is 19.3.